The van der Waals surface area contributed by atoms with Crippen LogP contribution in [0.5, 0.6) is 0 Å². The van der Waals surface area contributed by atoms with E-state index in [1.165, 1.54) is 6.42 Å². The molecular formula is C8H13NO. The highest BCUT2D eigenvalue weighted by atomic mass is 16.5. The molecule has 10 heavy (non-hydrogen) atoms. The first-order chi connectivity index (χ1) is 4.83. The lowest BCUT2D eigenvalue weighted by molar-refractivity contribution is -0.00774. The molecule has 1 unspecified atom stereocenters. The van der Waals surface area contributed by atoms with E-state index in [2.05, 4.69) is 13.0 Å². The molecule has 0 aromatic rings. The Morgan fingerprint density at radius 2 is 2.40 bits per heavy atom. The van der Waals surface area contributed by atoms with Crippen LogP contribution in [0.3, 0.4) is 0 Å². The van der Waals surface area contributed by atoms with E-state index in [0.29, 0.717) is 12.3 Å². The molecule has 0 radical (unpaired) electrons. The van der Waals surface area contributed by atoms with Gasteiger partial charge in [-0.2, -0.15) is 5.26 Å². The molecule has 2 atom stereocenters. The van der Waals surface area contributed by atoms with Crippen molar-refractivity contribution in [3.63, 3.8) is 0 Å². The summed E-state index contributed by atoms with van der Waals surface area (Å²) in [7, 11) is 0. The van der Waals surface area contributed by atoms with Crippen molar-refractivity contribution in [1.29, 1.82) is 5.26 Å². The summed E-state index contributed by atoms with van der Waals surface area (Å²) in [5, 5.41) is 8.35. The van der Waals surface area contributed by atoms with Crippen LogP contribution in [0.1, 0.15) is 26.2 Å². The zero-order chi connectivity index (χ0) is 7.40. The molecule has 0 saturated carbocycles. The van der Waals surface area contributed by atoms with Gasteiger partial charge in [0, 0.05) is 6.61 Å². The summed E-state index contributed by atoms with van der Waals surface area (Å²) in [5.41, 5.74) is 0. The number of hydrogen-bond acceptors (Lipinski definition) is 2. The van der Waals surface area contributed by atoms with Crippen LogP contribution in [0.15, 0.2) is 0 Å². The molecule has 2 nitrogen and oxygen atoms in total. The minimum absolute atomic E-state index is 0.223. The molecule has 0 N–H and O–H groups in total. The fourth-order valence-electron chi connectivity index (χ4n) is 1.20. The lowest BCUT2D eigenvalue weighted by Crippen LogP contribution is -2.23. The van der Waals surface area contributed by atoms with E-state index in [-0.39, 0.29) is 6.10 Å². The van der Waals surface area contributed by atoms with Gasteiger partial charge in [-0.1, -0.05) is 6.92 Å². The van der Waals surface area contributed by atoms with Gasteiger partial charge in [0.25, 0.3) is 0 Å². The first-order valence-electron chi connectivity index (χ1n) is 3.81. The lowest BCUT2D eigenvalue weighted by Gasteiger charge is -2.24. The summed E-state index contributed by atoms with van der Waals surface area (Å²) in [6, 6.07) is 2.13. The number of rotatable bonds is 1. The molecule has 1 saturated heterocycles. The summed E-state index contributed by atoms with van der Waals surface area (Å²) >= 11 is 0. The Morgan fingerprint density at radius 3 is 2.90 bits per heavy atom. The largest absolute Gasteiger partial charge is 0.377 e. The summed E-state index contributed by atoms with van der Waals surface area (Å²) in [4.78, 5) is 0. The fourth-order valence-corrected chi connectivity index (χ4v) is 1.20. The average Bonchev–Trinajstić information content (AvgIpc) is 1.95. The van der Waals surface area contributed by atoms with Gasteiger partial charge in [-0.15, -0.1) is 0 Å². The third-order valence-corrected chi connectivity index (χ3v) is 1.92. The van der Waals surface area contributed by atoms with E-state index in [1.54, 1.807) is 0 Å². The molecule has 0 spiro atoms. The van der Waals surface area contributed by atoms with E-state index in [1.807, 2.05) is 0 Å². The third-order valence-electron chi connectivity index (χ3n) is 1.92. The monoisotopic (exact) mass is 139 g/mol. The van der Waals surface area contributed by atoms with Crippen molar-refractivity contribution in [3.05, 3.63) is 0 Å². The molecule has 2 heteroatoms. The van der Waals surface area contributed by atoms with Crippen molar-refractivity contribution in [2.24, 2.45) is 5.92 Å². The molecule has 0 aromatic carbocycles. The first-order valence-corrected chi connectivity index (χ1v) is 3.81. The molecule has 0 aromatic heterocycles. The van der Waals surface area contributed by atoms with Crippen LogP contribution in [0.25, 0.3) is 0 Å². The smallest absolute Gasteiger partial charge is 0.0705 e. The normalized spacial score (nSPS) is 33.2. The van der Waals surface area contributed by atoms with Gasteiger partial charge in [0.2, 0.25) is 0 Å². The number of ether oxygens (including phenoxy) is 1. The van der Waals surface area contributed by atoms with Crippen LogP contribution in [0.4, 0.5) is 0 Å². The predicted molar refractivity (Wildman–Crippen MR) is 38.4 cm³/mol. The predicted octanol–water partition coefficient (Wildman–Crippen LogP) is 1.72. The van der Waals surface area contributed by atoms with Gasteiger partial charge in [0.05, 0.1) is 18.6 Å². The van der Waals surface area contributed by atoms with Gasteiger partial charge >= 0.3 is 0 Å². The van der Waals surface area contributed by atoms with E-state index in [0.717, 1.165) is 13.0 Å². The van der Waals surface area contributed by atoms with Crippen molar-refractivity contribution in [2.75, 3.05) is 6.61 Å². The molecule has 0 bridgehead atoms. The molecule has 1 aliphatic rings. The second-order valence-electron chi connectivity index (χ2n) is 3.00. The molecule has 56 valence electrons. The minimum atomic E-state index is 0.223. The first kappa shape index (κ1) is 7.56. The number of hydrogen-bond donors (Lipinski definition) is 0. The average molecular weight is 139 g/mol. The zero-order valence-electron chi connectivity index (χ0n) is 6.34. The second-order valence-corrected chi connectivity index (χ2v) is 3.00. The lowest BCUT2D eigenvalue weighted by atomic mass is 9.99. The Balaban J connectivity index is 2.21. The minimum Gasteiger partial charge on any atom is -0.377 e. The third kappa shape index (κ3) is 2.00. The van der Waals surface area contributed by atoms with E-state index in [9.17, 15) is 0 Å². The fraction of sp³-hybridized carbons (Fsp3) is 0.875. The number of nitriles is 1. The van der Waals surface area contributed by atoms with Crippen molar-refractivity contribution in [1.82, 2.24) is 0 Å². The van der Waals surface area contributed by atoms with Gasteiger partial charge in [-0.25, -0.2) is 0 Å². The Bertz CT molecular complexity index is 131. The molecule has 0 aliphatic carbocycles. The number of nitrogens with zero attached hydrogens (tertiary/aromatic N) is 1. The van der Waals surface area contributed by atoms with Gasteiger partial charge in [-0.05, 0) is 18.8 Å². The quantitative estimate of drug-likeness (QED) is 0.554. The van der Waals surface area contributed by atoms with Crippen molar-refractivity contribution >= 4 is 0 Å². The summed E-state index contributed by atoms with van der Waals surface area (Å²) in [6.45, 7) is 3.02. The summed E-state index contributed by atoms with van der Waals surface area (Å²) in [6.07, 6.45) is 3.06. The maximum atomic E-state index is 8.35. The SMILES string of the molecule is C[C@H]1CCC(CC#N)OC1. The van der Waals surface area contributed by atoms with Crippen molar-refractivity contribution in [3.8, 4) is 6.07 Å². The zero-order valence-corrected chi connectivity index (χ0v) is 6.34. The van der Waals surface area contributed by atoms with Crippen LogP contribution in [0.2, 0.25) is 0 Å². The maximum absolute atomic E-state index is 8.35. The van der Waals surface area contributed by atoms with Crippen LogP contribution >= 0.6 is 0 Å². The van der Waals surface area contributed by atoms with E-state index < -0.39 is 0 Å². The van der Waals surface area contributed by atoms with Crippen LogP contribution in [-0.2, 0) is 4.74 Å². The van der Waals surface area contributed by atoms with Gasteiger partial charge in [0.1, 0.15) is 0 Å². The van der Waals surface area contributed by atoms with Crippen molar-refractivity contribution < 1.29 is 4.74 Å². The highest BCUT2D eigenvalue weighted by Crippen LogP contribution is 2.19. The Hall–Kier alpha value is -0.550. The van der Waals surface area contributed by atoms with Gasteiger partial charge < -0.3 is 4.74 Å². The van der Waals surface area contributed by atoms with Crippen LogP contribution in [-0.4, -0.2) is 12.7 Å². The second kappa shape index (κ2) is 3.58. The van der Waals surface area contributed by atoms with Gasteiger partial charge in [0.15, 0.2) is 0 Å². The maximum Gasteiger partial charge on any atom is 0.0705 e. The summed E-state index contributed by atoms with van der Waals surface area (Å²) < 4.78 is 5.41. The van der Waals surface area contributed by atoms with Gasteiger partial charge in [-0.3, -0.25) is 0 Å². The molecule has 1 aliphatic heterocycles. The van der Waals surface area contributed by atoms with Crippen LogP contribution in [0, 0.1) is 17.2 Å². The highest BCUT2D eigenvalue weighted by molar-refractivity contribution is 4.79. The Labute approximate surface area is 61.8 Å². The standard InChI is InChI=1S/C8H13NO/c1-7-2-3-8(4-5-9)10-6-7/h7-8H,2-4,6H2,1H3/t7-,8?/m0/s1. The topological polar surface area (TPSA) is 33.0 Å². The highest BCUT2D eigenvalue weighted by Gasteiger charge is 2.17. The summed E-state index contributed by atoms with van der Waals surface area (Å²) in [5.74, 6) is 0.690. The van der Waals surface area contributed by atoms with Crippen LogP contribution < -0.4 is 0 Å². The molecule has 1 fully saturated rings. The van der Waals surface area contributed by atoms with E-state index in [4.69, 9.17) is 10.00 Å². The van der Waals surface area contributed by atoms with Crippen molar-refractivity contribution in [2.45, 2.75) is 32.3 Å². The molecule has 1 heterocycles. The molecule has 0 amide bonds. The van der Waals surface area contributed by atoms with E-state index >= 15 is 0 Å². The molecular weight excluding hydrogens is 126 g/mol. The molecule has 1 rings (SSSR count). The Kier molecular flexibility index (Phi) is 2.70. The Morgan fingerprint density at radius 1 is 1.60 bits per heavy atom.